The molecule has 116 valence electrons. The highest BCUT2D eigenvalue weighted by Gasteiger charge is 2.16. The van der Waals surface area contributed by atoms with Crippen molar-refractivity contribution in [2.45, 2.75) is 0 Å². The third kappa shape index (κ3) is 3.49. The monoisotopic (exact) mass is 316 g/mol. The molecule has 0 heterocycles. The van der Waals surface area contributed by atoms with E-state index in [1.807, 2.05) is 6.07 Å². The van der Waals surface area contributed by atoms with E-state index in [1.165, 1.54) is 37.5 Å². The molecule has 5 nitrogen and oxygen atoms in total. The molecule has 0 amide bonds. The summed E-state index contributed by atoms with van der Waals surface area (Å²) in [6, 6.07) is 9.08. The van der Waals surface area contributed by atoms with Gasteiger partial charge in [0.2, 0.25) is 0 Å². The number of ether oxygens (including phenoxy) is 1. The fourth-order valence-corrected chi connectivity index (χ4v) is 1.94. The van der Waals surface area contributed by atoms with Crippen LogP contribution in [0.5, 0.6) is 5.75 Å². The number of halogens is 2. The average molecular weight is 316 g/mol. The molecule has 0 atom stereocenters. The highest BCUT2D eigenvalue weighted by Crippen LogP contribution is 2.30. The summed E-state index contributed by atoms with van der Waals surface area (Å²) < 4.78 is 31.1. The van der Waals surface area contributed by atoms with Crippen molar-refractivity contribution in [3.8, 4) is 11.8 Å². The molecular weight excluding hydrogens is 306 g/mol. The molecule has 0 aromatic heterocycles. The fraction of sp³-hybridized carbons (Fsp3) is 0.0625. The smallest absolute Gasteiger partial charge is 0.310 e. The van der Waals surface area contributed by atoms with E-state index in [1.54, 1.807) is 0 Å². The van der Waals surface area contributed by atoms with E-state index in [-0.39, 0.29) is 22.6 Å². The number of hydrogen-bond donors (Lipinski definition) is 0. The van der Waals surface area contributed by atoms with E-state index in [0.717, 1.165) is 12.1 Å². The second-order valence-electron chi connectivity index (χ2n) is 4.49. The van der Waals surface area contributed by atoms with Crippen molar-refractivity contribution in [3.63, 3.8) is 0 Å². The van der Waals surface area contributed by atoms with Crippen LogP contribution in [0.2, 0.25) is 0 Å². The quantitative estimate of drug-likeness (QED) is 0.370. The van der Waals surface area contributed by atoms with E-state index < -0.39 is 16.6 Å². The van der Waals surface area contributed by atoms with E-state index in [0.29, 0.717) is 5.56 Å². The highest BCUT2D eigenvalue weighted by molar-refractivity contribution is 5.90. The number of nitriles is 1. The summed E-state index contributed by atoms with van der Waals surface area (Å²) in [4.78, 5) is 10.3. The number of rotatable bonds is 4. The minimum absolute atomic E-state index is 0.000985. The Bertz CT molecular complexity index is 842. The Morgan fingerprint density at radius 2 is 2.00 bits per heavy atom. The Morgan fingerprint density at radius 3 is 2.57 bits per heavy atom. The summed E-state index contributed by atoms with van der Waals surface area (Å²) in [6.07, 6.45) is 1.35. The van der Waals surface area contributed by atoms with Crippen LogP contribution >= 0.6 is 0 Å². The van der Waals surface area contributed by atoms with Crippen molar-refractivity contribution in [2.24, 2.45) is 0 Å². The van der Waals surface area contributed by atoms with Crippen LogP contribution in [0, 0.1) is 33.1 Å². The zero-order valence-corrected chi connectivity index (χ0v) is 11.9. The van der Waals surface area contributed by atoms with Gasteiger partial charge in [-0.05, 0) is 41.5 Å². The van der Waals surface area contributed by atoms with E-state index in [2.05, 4.69) is 0 Å². The number of methoxy groups -OCH3 is 1. The van der Waals surface area contributed by atoms with Crippen molar-refractivity contribution >= 4 is 17.3 Å². The lowest BCUT2D eigenvalue weighted by atomic mass is 10.0. The van der Waals surface area contributed by atoms with Crippen molar-refractivity contribution in [3.05, 3.63) is 69.3 Å². The van der Waals surface area contributed by atoms with Crippen LogP contribution < -0.4 is 4.74 Å². The Labute approximate surface area is 130 Å². The molecule has 0 N–H and O–H groups in total. The first-order valence-electron chi connectivity index (χ1n) is 6.36. The van der Waals surface area contributed by atoms with E-state index in [4.69, 9.17) is 4.74 Å². The van der Waals surface area contributed by atoms with Crippen LogP contribution in [-0.4, -0.2) is 12.0 Å². The Morgan fingerprint density at radius 1 is 1.26 bits per heavy atom. The molecule has 2 rings (SSSR count). The molecule has 0 saturated carbocycles. The first-order valence-corrected chi connectivity index (χ1v) is 6.36. The summed E-state index contributed by atoms with van der Waals surface area (Å²) in [5.74, 6) is -2.02. The van der Waals surface area contributed by atoms with Crippen LogP contribution in [0.4, 0.5) is 14.5 Å². The second kappa shape index (κ2) is 6.66. The highest BCUT2D eigenvalue weighted by atomic mass is 19.2. The van der Waals surface area contributed by atoms with Crippen LogP contribution in [-0.2, 0) is 0 Å². The molecule has 2 aromatic carbocycles. The van der Waals surface area contributed by atoms with Crippen LogP contribution in [0.15, 0.2) is 36.4 Å². The second-order valence-corrected chi connectivity index (χ2v) is 4.49. The molecule has 0 aliphatic rings. The van der Waals surface area contributed by atoms with Crippen molar-refractivity contribution in [1.29, 1.82) is 5.26 Å². The number of nitro benzene ring substituents is 1. The minimum atomic E-state index is -1.03. The van der Waals surface area contributed by atoms with Gasteiger partial charge in [-0.15, -0.1) is 0 Å². The molecule has 23 heavy (non-hydrogen) atoms. The molecule has 0 radical (unpaired) electrons. The SMILES string of the molecule is COc1cc(/C(C#N)=C\c2ccc(F)c(F)c2)ccc1[N+](=O)[O-]. The minimum Gasteiger partial charge on any atom is -0.490 e. The van der Waals surface area contributed by atoms with Crippen LogP contribution in [0.25, 0.3) is 11.6 Å². The van der Waals surface area contributed by atoms with Gasteiger partial charge in [0.05, 0.1) is 23.7 Å². The van der Waals surface area contributed by atoms with Crippen LogP contribution in [0.1, 0.15) is 11.1 Å². The van der Waals surface area contributed by atoms with Crippen molar-refractivity contribution < 1.29 is 18.4 Å². The van der Waals surface area contributed by atoms with Crippen molar-refractivity contribution in [2.75, 3.05) is 7.11 Å². The van der Waals surface area contributed by atoms with Gasteiger partial charge in [0.1, 0.15) is 0 Å². The number of nitrogens with zero attached hydrogens (tertiary/aromatic N) is 2. The predicted octanol–water partition coefficient (Wildman–Crippen LogP) is 3.95. The van der Waals surface area contributed by atoms with E-state index >= 15 is 0 Å². The van der Waals surface area contributed by atoms with Gasteiger partial charge in [0, 0.05) is 6.07 Å². The summed E-state index contributed by atoms with van der Waals surface area (Å²) in [5, 5.41) is 20.1. The first-order chi connectivity index (χ1) is 11.0. The van der Waals surface area contributed by atoms with Gasteiger partial charge in [0.25, 0.3) is 0 Å². The number of hydrogen-bond acceptors (Lipinski definition) is 4. The Balaban J connectivity index is 2.49. The maximum absolute atomic E-state index is 13.2. The van der Waals surface area contributed by atoms with Gasteiger partial charge in [-0.3, -0.25) is 10.1 Å². The molecular formula is C16H10F2N2O3. The third-order valence-electron chi connectivity index (χ3n) is 3.06. The molecule has 0 saturated heterocycles. The number of allylic oxidation sites excluding steroid dienone is 1. The van der Waals surface area contributed by atoms with Crippen molar-refractivity contribution in [1.82, 2.24) is 0 Å². The Hall–Kier alpha value is -3.27. The predicted molar refractivity (Wildman–Crippen MR) is 79.5 cm³/mol. The summed E-state index contributed by atoms with van der Waals surface area (Å²) in [5.41, 5.74) is 0.544. The molecule has 0 aliphatic carbocycles. The standard InChI is InChI=1S/C16H10F2N2O3/c1-23-16-8-11(3-5-15(16)20(21)22)12(9-19)6-10-2-4-13(17)14(18)7-10/h2-8H,1H3/b12-6-. The lowest BCUT2D eigenvalue weighted by Crippen LogP contribution is -1.95. The molecule has 0 bridgehead atoms. The molecule has 2 aromatic rings. The summed E-state index contributed by atoms with van der Waals surface area (Å²) in [6.45, 7) is 0. The molecule has 0 spiro atoms. The van der Waals surface area contributed by atoms with Gasteiger partial charge in [0.15, 0.2) is 17.4 Å². The zero-order valence-electron chi connectivity index (χ0n) is 11.9. The maximum atomic E-state index is 13.2. The number of benzene rings is 2. The molecule has 0 unspecified atom stereocenters. The number of nitro groups is 1. The lowest BCUT2D eigenvalue weighted by Gasteiger charge is -2.05. The Kier molecular flexibility index (Phi) is 4.66. The normalized spacial score (nSPS) is 11.0. The molecule has 0 aliphatic heterocycles. The fourth-order valence-electron chi connectivity index (χ4n) is 1.94. The third-order valence-corrected chi connectivity index (χ3v) is 3.06. The maximum Gasteiger partial charge on any atom is 0.310 e. The van der Waals surface area contributed by atoms with E-state index in [9.17, 15) is 24.2 Å². The first kappa shape index (κ1) is 16.1. The van der Waals surface area contributed by atoms with Gasteiger partial charge in [-0.2, -0.15) is 5.26 Å². The van der Waals surface area contributed by atoms with Gasteiger partial charge in [-0.25, -0.2) is 8.78 Å². The van der Waals surface area contributed by atoms with Gasteiger partial charge < -0.3 is 4.74 Å². The summed E-state index contributed by atoms with van der Waals surface area (Å²) >= 11 is 0. The van der Waals surface area contributed by atoms with Crippen LogP contribution in [0.3, 0.4) is 0 Å². The topological polar surface area (TPSA) is 76.2 Å². The average Bonchev–Trinajstić information content (AvgIpc) is 2.55. The summed E-state index contributed by atoms with van der Waals surface area (Å²) in [7, 11) is 1.28. The zero-order chi connectivity index (χ0) is 17.0. The lowest BCUT2D eigenvalue weighted by molar-refractivity contribution is -0.385. The van der Waals surface area contributed by atoms with Gasteiger partial charge >= 0.3 is 5.69 Å². The molecule has 7 heteroatoms. The van der Waals surface area contributed by atoms with Gasteiger partial charge in [-0.1, -0.05) is 6.07 Å². The largest absolute Gasteiger partial charge is 0.490 e. The molecule has 0 fully saturated rings.